The standard InChI is InChI=1S/C9H18BrNO2S/c1-7(2)14(12,13)11-5-4-8(3)9(10)6-11/h7-9H,4-6H2,1-3H3. The smallest absolute Gasteiger partial charge is 0.212 e. The molecule has 0 bridgehead atoms. The molecular weight excluding hydrogens is 266 g/mol. The second kappa shape index (κ2) is 4.49. The fourth-order valence-corrected chi connectivity index (χ4v) is 3.65. The third-order valence-corrected chi connectivity index (χ3v) is 6.22. The van der Waals surface area contributed by atoms with Gasteiger partial charge in [-0.05, 0) is 26.2 Å². The minimum Gasteiger partial charge on any atom is -0.212 e. The molecule has 1 fully saturated rings. The van der Waals surface area contributed by atoms with Crippen LogP contribution in [-0.4, -0.2) is 35.9 Å². The van der Waals surface area contributed by atoms with Crippen LogP contribution in [0.4, 0.5) is 0 Å². The minimum atomic E-state index is -3.05. The molecule has 1 heterocycles. The van der Waals surface area contributed by atoms with E-state index in [1.165, 1.54) is 0 Å². The number of rotatable bonds is 2. The Kier molecular flexibility index (Phi) is 4.00. The van der Waals surface area contributed by atoms with Crippen molar-refractivity contribution in [2.75, 3.05) is 13.1 Å². The molecule has 1 saturated heterocycles. The number of sulfonamides is 1. The van der Waals surface area contributed by atoms with Crippen LogP contribution in [0.15, 0.2) is 0 Å². The lowest BCUT2D eigenvalue weighted by Crippen LogP contribution is -2.46. The van der Waals surface area contributed by atoms with Gasteiger partial charge in [0, 0.05) is 17.9 Å². The van der Waals surface area contributed by atoms with E-state index in [0.29, 0.717) is 23.8 Å². The first-order chi connectivity index (χ1) is 6.35. The summed E-state index contributed by atoms with van der Waals surface area (Å²) in [5, 5.41) is -0.310. The summed E-state index contributed by atoms with van der Waals surface area (Å²) in [4.78, 5) is 0.296. The van der Waals surface area contributed by atoms with Crippen molar-refractivity contribution in [3.63, 3.8) is 0 Å². The van der Waals surface area contributed by atoms with E-state index >= 15 is 0 Å². The van der Waals surface area contributed by atoms with Crippen LogP contribution >= 0.6 is 15.9 Å². The average molecular weight is 284 g/mol. The lowest BCUT2D eigenvalue weighted by Gasteiger charge is -2.34. The molecule has 0 spiro atoms. The van der Waals surface area contributed by atoms with Gasteiger partial charge in [0.25, 0.3) is 0 Å². The summed E-state index contributed by atoms with van der Waals surface area (Å²) in [5.41, 5.74) is 0. The fourth-order valence-electron chi connectivity index (χ4n) is 1.52. The molecule has 2 unspecified atom stereocenters. The maximum absolute atomic E-state index is 11.8. The van der Waals surface area contributed by atoms with Gasteiger partial charge in [-0.2, -0.15) is 0 Å². The monoisotopic (exact) mass is 283 g/mol. The molecule has 0 N–H and O–H groups in total. The van der Waals surface area contributed by atoms with Crippen molar-refractivity contribution in [3.05, 3.63) is 0 Å². The largest absolute Gasteiger partial charge is 0.216 e. The molecule has 0 aromatic heterocycles. The van der Waals surface area contributed by atoms with Crippen molar-refractivity contribution in [2.24, 2.45) is 5.92 Å². The van der Waals surface area contributed by atoms with Gasteiger partial charge in [-0.3, -0.25) is 0 Å². The summed E-state index contributed by atoms with van der Waals surface area (Å²) in [5.74, 6) is 0.564. The molecule has 1 aliphatic heterocycles. The Morgan fingerprint density at radius 2 is 2.00 bits per heavy atom. The first-order valence-electron chi connectivity index (χ1n) is 4.98. The molecule has 2 atom stereocenters. The summed E-state index contributed by atoms with van der Waals surface area (Å²) >= 11 is 3.53. The quantitative estimate of drug-likeness (QED) is 0.725. The summed E-state index contributed by atoms with van der Waals surface area (Å²) in [6.07, 6.45) is 0.946. The number of nitrogens with zero attached hydrogens (tertiary/aromatic N) is 1. The number of piperidine rings is 1. The molecule has 84 valence electrons. The van der Waals surface area contributed by atoms with E-state index in [2.05, 4.69) is 22.9 Å². The van der Waals surface area contributed by atoms with Gasteiger partial charge in [-0.15, -0.1) is 0 Å². The Labute approximate surface area is 95.0 Å². The van der Waals surface area contributed by atoms with Crippen molar-refractivity contribution in [3.8, 4) is 0 Å². The highest BCUT2D eigenvalue weighted by Gasteiger charge is 2.32. The number of halogens is 1. The van der Waals surface area contributed by atoms with Crippen LogP contribution in [0.25, 0.3) is 0 Å². The summed E-state index contributed by atoms with van der Waals surface area (Å²) in [6.45, 7) is 6.90. The zero-order chi connectivity index (χ0) is 10.9. The Morgan fingerprint density at radius 3 is 2.43 bits per heavy atom. The summed E-state index contributed by atoms with van der Waals surface area (Å²) in [6, 6.07) is 0. The number of alkyl halides is 1. The highest BCUT2D eigenvalue weighted by atomic mass is 79.9. The van der Waals surface area contributed by atoms with E-state index < -0.39 is 10.0 Å². The Bertz CT molecular complexity index is 289. The molecule has 5 heteroatoms. The van der Waals surface area contributed by atoms with Crippen LogP contribution in [0.5, 0.6) is 0 Å². The van der Waals surface area contributed by atoms with E-state index in [0.717, 1.165) is 6.42 Å². The lowest BCUT2D eigenvalue weighted by atomic mass is 10.0. The van der Waals surface area contributed by atoms with Gasteiger partial charge in [0.05, 0.1) is 5.25 Å². The van der Waals surface area contributed by atoms with Gasteiger partial charge >= 0.3 is 0 Å². The molecule has 1 aliphatic rings. The third kappa shape index (κ3) is 2.49. The number of hydrogen-bond donors (Lipinski definition) is 0. The summed E-state index contributed by atoms with van der Waals surface area (Å²) in [7, 11) is -3.05. The number of hydrogen-bond acceptors (Lipinski definition) is 2. The van der Waals surface area contributed by atoms with E-state index in [1.54, 1.807) is 18.2 Å². The van der Waals surface area contributed by atoms with Crippen LogP contribution in [0.3, 0.4) is 0 Å². The second-order valence-corrected chi connectivity index (χ2v) is 7.90. The van der Waals surface area contributed by atoms with Crippen LogP contribution in [0.2, 0.25) is 0 Å². The van der Waals surface area contributed by atoms with E-state index in [9.17, 15) is 8.42 Å². The zero-order valence-corrected chi connectivity index (χ0v) is 11.3. The summed E-state index contributed by atoms with van der Waals surface area (Å²) < 4.78 is 25.3. The molecule has 0 aromatic carbocycles. The highest BCUT2D eigenvalue weighted by Crippen LogP contribution is 2.26. The van der Waals surface area contributed by atoms with Gasteiger partial charge < -0.3 is 0 Å². The molecule has 0 amide bonds. The molecule has 0 saturated carbocycles. The first kappa shape index (κ1) is 12.5. The normalized spacial score (nSPS) is 30.9. The molecule has 14 heavy (non-hydrogen) atoms. The van der Waals surface area contributed by atoms with Crippen LogP contribution in [0.1, 0.15) is 27.2 Å². The van der Waals surface area contributed by atoms with Crippen molar-refractivity contribution in [1.29, 1.82) is 0 Å². The molecule has 1 rings (SSSR count). The van der Waals surface area contributed by atoms with E-state index in [4.69, 9.17) is 0 Å². The van der Waals surface area contributed by atoms with E-state index in [1.807, 2.05) is 0 Å². The van der Waals surface area contributed by atoms with Gasteiger partial charge in [0.15, 0.2) is 0 Å². The average Bonchev–Trinajstić information content (AvgIpc) is 2.09. The molecule has 0 radical (unpaired) electrons. The minimum absolute atomic E-state index is 0.296. The Balaban J connectivity index is 2.73. The molecule has 0 aliphatic carbocycles. The van der Waals surface area contributed by atoms with Crippen molar-refractivity contribution in [1.82, 2.24) is 4.31 Å². The highest BCUT2D eigenvalue weighted by molar-refractivity contribution is 9.09. The molecule has 3 nitrogen and oxygen atoms in total. The van der Waals surface area contributed by atoms with Crippen LogP contribution in [0, 0.1) is 5.92 Å². The fraction of sp³-hybridized carbons (Fsp3) is 1.00. The van der Waals surface area contributed by atoms with Crippen molar-refractivity contribution >= 4 is 26.0 Å². The van der Waals surface area contributed by atoms with E-state index in [-0.39, 0.29) is 5.25 Å². The Morgan fingerprint density at radius 1 is 1.43 bits per heavy atom. The molecular formula is C9H18BrNO2S. The van der Waals surface area contributed by atoms with Gasteiger partial charge in [0.1, 0.15) is 0 Å². The van der Waals surface area contributed by atoms with Crippen LogP contribution in [-0.2, 0) is 10.0 Å². The van der Waals surface area contributed by atoms with Crippen LogP contribution < -0.4 is 0 Å². The van der Waals surface area contributed by atoms with Gasteiger partial charge in [-0.1, -0.05) is 22.9 Å². The topological polar surface area (TPSA) is 37.4 Å². The third-order valence-electron chi connectivity index (χ3n) is 2.78. The zero-order valence-electron chi connectivity index (χ0n) is 8.90. The first-order valence-corrected chi connectivity index (χ1v) is 7.40. The maximum atomic E-state index is 11.8. The van der Waals surface area contributed by atoms with Gasteiger partial charge in [-0.25, -0.2) is 12.7 Å². The predicted octanol–water partition coefficient (Wildman–Crippen LogP) is 1.83. The Hall–Kier alpha value is 0.390. The SMILES string of the molecule is CC1CCN(S(=O)(=O)C(C)C)CC1Br. The van der Waals surface area contributed by atoms with Crippen molar-refractivity contribution in [2.45, 2.75) is 37.3 Å². The second-order valence-electron chi connectivity index (χ2n) is 4.23. The molecule has 0 aromatic rings. The van der Waals surface area contributed by atoms with Gasteiger partial charge in [0.2, 0.25) is 10.0 Å². The maximum Gasteiger partial charge on any atom is 0.216 e. The lowest BCUT2D eigenvalue weighted by molar-refractivity contribution is 0.298. The van der Waals surface area contributed by atoms with Crippen molar-refractivity contribution < 1.29 is 8.42 Å². The predicted molar refractivity (Wildman–Crippen MR) is 62.1 cm³/mol.